The maximum Gasteiger partial charge on any atom is 1.00 e. The third kappa shape index (κ3) is 6.04. The molecular formula is C30H31LiN6O2-2. The maximum absolute atomic E-state index is 6.35. The Bertz CT molecular complexity index is 1570. The second-order valence-corrected chi connectivity index (χ2v) is 9.45. The van der Waals surface area contributed by atoms with Crippen molar-refractivity contribution in [1.82, 2.24) is 24.4 Å². The second kappa shape index (κ2) is 12.1. The predicted molar refractivity (Wildman–Crippen MR) is 151 cm³/mol. The number of imidazole rings is 1. The molecule has 0 bridgehead atoms. The van der Waals surface area contributed by atoms with Gasteiger partial charge in [0, 0.05) is 24.6 Å². The summed E-state index contributed by atoms with van der Waals surface area (Å²) in [6.07, 6.45) is 6.53. The van der Waals surface area contributed by atoms with Crippen molar-refractivity contribution in [3.63, 3.8) is 0 Å². The van der Waals surface area contributed by atoms with Gasteiger partial charge in [-0.15, -0.1) is 18.7 Å². The number of fused-ring (bicyclic) bond motifs is 2. The summed E-state index contributed by atoms with van der Waals surface area (Å²) in [5.41, 5.74) is 4.66. The van der Waals surface area contributed by atoms with Gasteiger partial charge in [-0.05, 0) is 79.8 Å². The average molecular weight is 515 g/mol. The van der Waals surface area contributed by atoms with E-state index in [2.05, 4.69) is 44.7 Å². The first-order valence-electron chi connectivity index (χ1n) is 12.3. The molecule has 0 spiro atoms. The molecule has 39 heavy (non-hydrogen) atoms. The molecular weight excluding hydrogens is 483 g/mol. The molecule has 0 radical (unpaired) electrons. The first-order valence-corrected chi connectivity index (χ1v) is 12.3. The quantitative estimate of drug-likeness (QED) is 0.276. The Hall–Kier alpha value is -3.57. The van der Waals surface area contributed by atoms with Crippen LogP contribution in [0.2, 0.25) is 0 Å². The van der Waals surface area contributed by atoms with Crippen LogP contribution in [0.15, 0.2) is 61.2 Å². The number of nitrogens with one attached hydrogen (secondary N) is 1. The van der Waals surface area contributed by atoms with Crippen LogP contribution in [0.25, 0.3) is 21.9 Å². The molecule has 2 aromatic heterocycles. The van der Waals surface area contributed by atoms with Crippen molar-refractivity contribution in [2.75, 3.05) is 25.5 Å². The molecule has 0 amide bonds. The van der Waals surface area contributed by atoms with Crippen LogP contribution in [0.1, 0.15) is 12.0 Å². The summed E-state index contributed by atoms with van der Waals surface area (Å²) in [5, 5.41) is 4.27. The molecule has 3 aromatic carbocycles. The normalized spacial score (nSPS) is 15.4. The number of hydrogen-bond donors (Lipinski definition) is 1. The van der Waals surface area contributed by atoms with E-state index in [1.165, 1.54) is 0 Å². The minimum Gasteiger partial charge on any atom is -0.547 e. The van der Waals surface area contributed by atoms with Gasteiger partial charge >= 0.3 is 18.9 Å². The number of rotatable bonds is 6. The smallest absolute Gasteiger partial charge is 0.547 e. The van der Waals surface area contributed by atoms with Crippen LogP contribution in [0.4, 0.5) is 11.5 Å². The Morgan fingerprint density at radius 3 is 2.72 bits per heavy atom. The number of piperidine rings is 1. The van der Waals surface area contributed by atoms with E-state index in [0.717, 1.165) is 64.2 Å². The zero-order chi connectivity index (χ0) is 25.4. The number of hydrogen-bond acceptors (Lipinski definition) is 7. The molecule has 9 heteroatoms. The van der Waals surface area contributed by atoms with Gasteiger partial charge in [0.15, 0.2) is 0 Å². The summed E-state index contributed by atoms with van der Waals surface area (Å²) in [6.45, 7) is 3.92. The molecule has 8 nitrogen and oxygen atoms in total. The molecule has 1 aliphatic heterocycles. The van der Waals surface area contributed by atoms with Crippen molar-refractivity contribution in [1.29, 1.82) is 0 Å². The van der Waals surface area contributed by atoms with Crippen LogP contribution in [0, 0.1) is 26.8 Å². The van der Waals surface area contributed by atoms with Crippen molar-refractivity contribution in [3.05, 3.63) is 86.7 Å². The Labute approximate surface area is 241 Å². The fourth-order valence-corrected chi connectivity index (χ4v) is 4.60. The molecule has 1 N–H and O–H groups in total. The van der Waals surface area contributed by atoms with Crippen molar-refractivity contribution in [2.45, 2.75) is 19.4 Å². The number of likely N-dealkylation sites (tertiary alicyclic amines) is 1. The number of nitrogens with zero attached hydrogens (tertiary/aromatic N) is 5. The Morgan fingerprint density at radius 2 is 1.92 bits per heavy atom. The molecule has 0 unspecified atom stereocenters. The zero-order valence-corrected chi connectivity index (χ0v) is 23.1. The molecule has 5 aromatic rings. The van der Waals surface area contributed by atoms with Gasteiger partial charge in [-0.2, -0.15) is 6.07 Å². The number of benzene rings is 3. The fraction of sp³-hybridized carbons (Fsp3) is 0.233. The standard InChI is InChI=1S/C29H28N6O2.CH3.Li/c1-19-15-20(7-10-26(19)37-22-8-9-25-24(16-22)32-18-35(25)3)33-29-28-23(30-17-31-29)5-4-6-27(28)36-21-11-13-34(2)14-12-21;;/h4-5,7-11,15-18,21H,12-14H2,1-3H3,(H,30,31,33);1H3;/q-2;-1;+1/t21-;;/m1../s1. The van der Waals surface area contributed by atoms with E-state index < -0.39 is 0 Å². The van der Waals surface area contributed by atoms with Crippen LogP contribution >= 0.6 is 0 Å². The molecule has 6 rings (SSSR count). The number of aryl methyl sites for hydroxylation is 2. The van der Waals surface area contributed by atoms with E-state index in [0.29, 0.717) is 11.6 Å². The first kappa shape index (κ1) is 28.4. The van der Waals surface area contributed by atoms with E-state index in [9.17, 15) is 0 Å². The first-order chi connectivity index (χ1) is 18.0. The van der Waals surface area contributed by atoms with E-state index in [-0.39, 0.29) is 32.4 Å². The predicted octanol–water partition coefficient (Wildman–Crippen LogP) is 2.90. The van der Waals surface area contributed by atoms with Crippen molar-refractivity contribution in [3.8, 4) is 17.2 Å². The summed E-state index contributed by atoms with van der Waals surface area (Å²) < 4.78 is 14.5. The van der Waals surface area contributed by atoms with E-state index >= 15 is 0 Å². The summed E-state index contributed by atoms with van der Waals surface area (Å²) in [7, 11) is 4.09. The van der Waals surface area contributed by atoms with Crippen LogP contribution in [-0.4, -0.2) is 50.7 Å². The van der Waals surface area contributed by atoms with Crippen molar-refractivity contribution >= 4 is 33.4 Å². The minimum absolute atomic E-state index is 0. The Morgan fingerprint density at radius 1 is 1.05 bits per heavy atom. The van der Waals surface area contributed by atoms with E-state index in [1.54, 1.807) is 12.7 Å². The monoisotopic (exact) mass is 514 g/mol. The van der Waals surface area contributed by atoms with Gasteiger partial charge in [0.25, 0.3) is 0 Å². The third-order valence-corrected chi connectivity index (χ3v) is 6.67. The number of anilines is 2. The summed E-state index contributed by atoms with van der Waals surface area (Å²) in [6, 6.07) is 18.9. The largest absolute Gasteiger partial charge is 1.00 e. The Balaban J connectivity index is 0.00000176. The maximum atomic E-state index is 6.35. The van der Waals surface area contributed by atoms with E-state index in [1.807, 2.05) is 67.1 Å². The molecule has 1 fully saturated rings. The Kier molecular flexibility index (Phi) is 8.81. The second-order valence-electron chi connectivity index (χ2n) is 9.45. The van der Waals surface area contributed by atoms with Crippen LogP contribution in [-0.2, 0) is 7.05 Å². The van der Waals surface area contributed by atoms with Crippen LogP contribution in [0.3, 0.4) is 0 Å². The van der Waals surface area contributed by atoms with Crippen LogP contribution < -0.4 is 33.7 Å². The molecule has 3 heterocycles. The van der Waals surface area contributed by atoms with Gasteiger partial charge in [-0.1, -0.05) is 0 Å². The summed E-state index contributed by atoms with van der Waals surface area (Å²) in [4.78, 5) is 15.7. The van der Waals surface area contributed by atoms with Gasteiger partial charge in [0.1, 0.15) is 17.8 Å². The number of aromatic nitrogens is 4. The summed E-state index contributed by atoms with van der Waals surface area (Å²) >= 11 is 0. The van der Waals surface area contributed by atoms with Gasteiger partial charge in [0.2, 0.25) is 0 Å². The third-order valence-electron chi connectivity index (χ3n) is 6.67. The van der Waals surface area contributed by atoms with Crippen molar-refractivity contribution in [2.24, 2.45) is 7.05 Å². The average Bonchev–Trinajstić information content (AvgIpc) is 3.27. The van der Waals surface area contributed by atoms with Gasteiger partial charge < -0.3 is 31.7 Å². The molecule has 0 aliphatic carbocycles. The van der Waals surface area contributed by atoms with Gasteiger partial charge in [-0.3, -0.25) is 11.4 Å². The molecule has 196 valence electrons. The van der Waals surface area contributed by atoms with Crippen molar-refractivity contribution < 1.29 is 28.3 Å². The van der Waals surface area contributed by atoms with Gasteiger partial charge in [-0.25, -0.2) is 9.97 Å². The SMILES string of the molecule is Cc1cc(Nc2ncnc3cc[c-]c(O[C@@H]4[CH-]CN(C)CC4)c23)ccc1Oc1ccc2c(c1)ncn2C.[CH3-].[Li+]. The minimum atomic E-state index is 0. The summed E-state index contributed by atoms with van der Waals surface area (Å²) in [5.74, 6) is 2.87. The molecule has 1 aliphatic rings. The topological polar surface area (TPSA) is 77.3 Å². The van der Waals surface area contributed by atoms with Gasteiger partial charge in [0.05, 0.1) is 23.2 Å². The molecule has 0 saturated carbocycles. The zero-order valence-electron chi connectivity index (χ0n) is 23.1. The van der Waals surface area contributed by atoms with E-state index in [4.69, 9.17) is 9.47 Å². The molecule has 1 atom stereocenters. The van der Waals surface area contributed by atoms with Crippen LogP contribution in [0.5, 0.6) is 17.2 Å². The fourth-order valence-electron chi connectivity index (χ4n) is 4.60. The molecule has 1 saturated heterocycles. The number of ether oxygens (including phenoxy) is 2.